The lowest BCUT2D eigenvalue weighted by atomic mass is 9.69. The maximum atomic E-state index is 9.24. The lowest BCUT2D eigenvalue weighted by Crippen LogP contribution is -2.47. The van der Waals surface area contributed by atoms with Crippen LogP contribution in [-0.2, 0) is 0 Å². The quantitative estimate of drug-likeness (QED) is 0.727. The zero-order valence-electron chi connectivity index (χ0n) is 10.6. The van der Waals surface area contributed by atoms with Gasteiger partial charge in [-0.2, -0.15) is 5.26 Å². The average Bonchev–Trinajstić information content (AvgIpc) is 2.24. The van der Waals surface area contributed by atoms with E-state index in [1.165, 1.54) is 32.4 Å². The molecule has 2 rings (SSSR count). The van der Waals surface area contributed by atoms with Gasteiger partial charge in [-0.05, 0) is 52.9 Å². The zero-order chi connectivity index (χ0) is 11.6. The van der Waals surface area contributed by atoms with Crippen molar-refractivity contribution in [2.75, 3.05) is 33.7 Å². The zero-order valence-corrected chi connectivity index (χ0v) is 10.6. The van der Waals surface area contributed by atoms with Gasteiger partial charge in [0, 0.05) is 12.6 Å². The van der Waals surface area contributed by atoms with Crippen molar-refractivity contribution in [3.63, 3.8) is 0 Å². The maximum Gasteiger partial charge on any atom is 0.0703 e. The fraction of sp³-hybridized carbons (Fsp3) is 0.923. The summed E-state index contributed by atoms with van der Waals surface area (Å²) in [5.74, 6) is 0. The Bertz CT molecular complexity index is 269. The second-order valence-electron chi connectivity index (χ2n) is 5.70. The van der Waals surface area contributed by atoms with Crippen LogP contribution in [0.2, 0.25) is 0 Å². The van der Waals surface area contributed by atoms with E-state index >= 15 is 0 Å². The summed E-state index contributed by atoms with van der Waals surface area (Å²) in [6.07, 6.45) is 5.98. The maximum absolute atomic E-state index is 9.24. The summed E-state index contributed by atoms with van der Waals surface area (Å²) < 4.78 is 0. The van der Waals surface area contributed by atoms with E-state index in [1.807, 2.05) is 0 Å². The molecule has 1 heterocycles. The third-order valence-electron chi connectivity index (χ3n) is 4.41. The predicted molar refractivity (Wildman–Crippen MR) is 65.0 cm³/mol. The van der Waals surface area contributed by atoms with E-state index in [2.05, 4.69) is 30.0 Å². The Morgan fingerprint density at radius 1 is 1.38 bits per heavy atom. The molecule has 2 aliphatic rings. The smallest absolute Gasteiger partial charge is 0.0703 e. The first kappa shape index (κ1) is 11.9. The van der Waals surface area contributed by atoms with Crippen LogP contribution in [0, 0.1) is 16.7 Å². The van der Waals surface area contributed by atoms with Gasteiger partial charge in [-0.1, -0.05) is 6.42 Å². The molecular weight excluding hydrogens is 198 g/mol. The summed E-state index contributed by atoms with van der Waals surface area (Å²) in [5.41, 5.74) is -0.00189. The lowest BCUT2D eigenvalue weighted by Gasteiger charge is -2.42. The molecule has 0 spiro atoms. The summed E-state index contributed by atoms with van der Waals surface area (Å²) in [4.78, 5) is 4.84. The van der Waals surface area contributed by atoms with Gasteiger partial charge in [0.05, 0.1) is 11.5 Å². The number of nitriles is 1. The third kappa shape index (κ3) is 2.39. The molecule has 1 aliphatic heterocycles. The largest absolute Gasteiger partial charge is 0.306 e. The molecule has 2 fully saturated rings. The molecule has 0 aromatic rings. The highest BCUT2D eigenvalue weighted by Crippen LogP contribution is 2.41. The molecule has 0 aromatic carbocycles. The van der Waals surface area contributed by atoms with Crippen molar-refractivity contribution in [2.45, 2.75) is 38.1 Å². The Hall–Kier alpha value is -0.590. The van der Waals surface area contributed by atoms with Crippen molar-refractivity contribution in [2.24, 2.45) is 5.41 Å². The lowest BCUT2D eigenvalue weighted by molar-refractivity contribution is 0.0790. The molecule has 0 bridgehead atoms. The second kappa shape index (κ2) is 4.73. The molecule has 0 atom stereocenters. The van der Waals surface area contributed by atoms with Gasteiger partial charge >= 0.3 is 0 Å². The fourth-order valence-corrected chi connectivity index (χ4v) is 2.95. The first-order chi connectivity index (χ1) is 7.65. The first-order valence-corrected chi connectivity index (χ1v) is 6.45. The normalized spacial score (nSPS) is 26.4. The van der Waals surface area contributed by atoms with Gasteiger partial charge in [-0.15, -0.1) is 0 Å². The minimum atomic E-state index is -0.00189. The van der Waals surface area contributed by atoms with Gasteiger partial charge in [-0.3, -0.25) is 0 Å². The number of hydrogen-bond donors (Lipinski definition) is 0. The van der Waals surface area contributed by atoms with Crippen molar-refractivity contribution >= 4 is 0 Å². The van der Waals surface area contributed by atoms with E-state index in [0.29, 0.717) is 6.04 Å². The molecule has 0 radical (unpaired) electrons. The molecular formula is C13H23N3. The summed E-state index contributed by atoms with van der Waals surface area (Å²) in [6.45, 7) is 3.39. The fourth-order valence-electron chi connectivity index (χ4n) is 2.95. The number of likely N-dealkylation sites (tertiary alicyclic amines) is 1. The molecule has 90 valence electrons. The summed E-state index contributed by atoms with van der Waals surface area (Å²) in [6, 6.07) is 3.24. The minimum absolute atomic E-state index is 0.00189. The molecule has 0 aromatic heterocycles. The van der Waals surface area contributed by atoms with Crippen molar-refractivity contribution in [3.8, 4) is 6.07 Å². The highest BCUT2D eigenvalue weighted by molar-refractivity contribution is 5.06. The van der Waals surface area contributed by atoms with Crippen LogP contribution in [0.15, 0.2) is 0 Å². The average molecular weight is 221 g/mol. The monoisotopic (exact) mass is 221 g/mol. The highest BCUT2D eigenvalue weighted by Gasteiger charge is 2.39. The van der Waals surface area contributed by atoms with Gasteiger partial charge in [0.1, 0.15) is 0 Å². The molecule has 1 saturated carbocycles. The Labute approximate surface area is 99.0 Å². The van der Waals surface area contributed by atoms with Gasteiger partial charge < -0.3 is 9.80 Å². The van der Waals surface area contributed by atoms with Crippen molar-refractivity contribution in [1.29, 1.82) is 5.26 Å². The van der Waals surface area contributed by atoms with Crippen LogP contribution >= 0.6 is 0 Å². The number of hydrogen-bond acceptors (Lipinski definition) is 3. The number of rotatable bonds is 3. The SMILES string of the molecule is CN1CCC(N(C)CC2(C#N)CCC2)CC1. The van der Waals surface area contributed by atoms with Crippen molar-refractivity contribution < 1.29 is 0 Å². The van der Waals surface area contributed by atoms with Gasteiger partial charge in [0.25, 0.3) is 0 Å². The summed E-state index contributed by atoms with van der Waals surface area (Å²) in [7, 11) is 4.40. The van der Waals surface area contributed by atoms with Crippen molar-refractivity contribution in [1.82, 2.24) is 9.80 Å². The molecule has 0 amide bonds. The van der Waals surface area contributed by atoms with Crippen LogP contribution in [-0.4, -0.2) is 49.6 Å². The van der Waals surface area contributed by atoms with E-state index in [1.54, 1.807) is 0 Å². The van der Waals surface area contributed by atoms with Crippen LogP contribution < -0.4 is 0 Å². The van der Waals surface area contributed by atoms with Crippen LogP contribution in [0.4, 0.5) is 0 Å². The van der Waals surface area contributed by atoms with E-state index < -0.39 is 0 Å². The Kier molecular flexibility index (Phi) is 3.51. The summed E-state index contributed by atoms with van der Waals surface area (Å²) >= 11 is 0. The van der Waals surface area contributed by atoms with Gasteiger partial charge in [0.15, 0.2) is 0 Å². The Morgan fingerprint density at radius 3 is 2.44 bits per heavy atom. The number of piperidine rings is 1. The van der Waals surface area contributed by atoms with Gasteiger partial charge in [-0.25, -0.2) is 0 Å². The highest BCUT2D eigenvalue weighted by atomic mass is 15.2. The van der Waals surface area contributed by atoms with E-state index in [4.69, 9.17) is 0 Å². The molecule has 16 heavy (non-hydrogen) atoms. The first-order valence-electron chi connectivity index (χ1n) is 6.45. The van der Waals surface area contributed by atoms with Crippen molar-refractivity contribution in [3.05, 3.63) is 0 Å². The topological polar surface area (TPSA) is 30.3 Å². The van der Waals surface area contributed by atoms with Gasteiger partial charge in [0.2, 0.25) is 0 Å². The van der Waals surface area contributed by atoms with E-state index in [-0.39, 0.29) is 5.41 Å². The van der Waals surface area contributed by atoms with E-state index in [0.717, 1.165) is 19.4 Å². The van der Waals surface area contributed by atoms with Crippen LogP contribution in [0.5, 0.6) is 0 Å². The van der Waals surface area contributed by atoms with Crippen LogP contribution in [0.1, 0.15) is 32.1 Å². The standard InChI is InChI=1S/C13H23N3/c1-15-8-4-12(5-9-15)16(2)11-13(10-14)6-3-7-13/h12H,3-9,11H2,1-2H3. The molecule has 3 heteroatoms. The predicted octanol–water partition coefficient (Wildman–Crippen LogP) is 1.71. The minimum Gasteiger partial charge on any atom is -0.306 e. The Balaban J connectivity index is 1.84. The number of nitrogens with zero attached hydrogens (tertiary/aromatic N) is 3. The molecule has 0 unspecified atom stereocenters. The molecule has 1 aliphatic carbocycles. The molecule has 0 N–H and O–H groups in total. The molecule has 1 saturated heterocycles. The van der Waals surface area contributed by atoms with Crippen LogP contribution in [0.3, 0.4) is 0 Å². The third-order valence-corrected chi connectivity index (χ3v) is 4.41. The summed E-state index contributed by atoms with van der Waals surface area (Å²) in [5, 5.41) is 9.24. The second-order valence-corrected chi connectivity index (χ2v) is 5.70. The van der Waals surface area contributed by atoms with E-state index in [9.17, 15) is 5.26 Å². The Morgan fingerprint density at radius 2 is 2.00 bits per heavy atom. The molecule has 3 nitrogen and oxygen atoms in total. The van der Waals surface area contributed by atoms with Crippen LogP contribution in [0.25, 0.3) is 0 Å².